The molecule has 6 heteroatoms. The van der Waals surface area contributed by atoms with Crippen LogP contribution < -0.4 is 5.32 Å². The molecule has 1 unspecified atom stereocenters. The summed E-state index contributed by atoms with van der Waals surface area (Å²) in [6.45, 7) is 2.53. The Morgan fingerprint density at radius 2 is 1.86 bits per heavy atom. The zero-order chi connectivity index (χ0) is 14.5. The van der Waals surface area contributed by atoms with Crippen molar-refractivity contribution < 1.29 is 18.4 Å². The van der Waals surface area contributed by atoms with Gasteiger partial charge in [-0.15, -0.1) is 0 Å². The topological polar surface area (TPSA) is 67.8 Å². The number of nitrogens with zero attached hydrogens (tertiary/aromatic N) is 1. The highest BCUT2D eigenvalue weighted by Crippen LogP contribution is 2.13. The highest BCUT2D eigenvalue weighted by molar-refractivity contribution is 5.82. The molecule has 1 saturated heterocycles. The Morgan fingerprint density at radius 3 is 2.33 bits per heavy atom. The quantitative estimate of drug-likeness (QED) is 0.901. The number of morpholine rings is 1. The van der Waals surface area contributed by atoms with E-state index in [1.54, 1.807) is 17.4 Å². The molecule has 1 N–H and O–H groups in total. The van der Waals surface area contributed by atoms with Crippen molar-refractivity contribution in [1.82, 2.24) is 10.2 Å². The van der Waals surface area contributed by atoms with Crippen LogP contribution in [-0.4, -0.2) is 36.6 Å². The van der Waals surface area contributed by atoms with E-state index in [-0.39, 0.29) is 11.9 Å². The molecule has 1 fully saturated rings. The summed E-state index contributed by atoms with van der Waals surface area (Å²) in [4.78, 5) is 14.4. The molecule has 6 nitrogen and oxygen atoms in total. The van der Waals surface area contributed by atoms with E-state index in [4.69, 9.17) is 13.6 Å². The normalized spacial score (nSPS) is 18.6. The number of carbonyl (C=O) groups is 1. The molecule has 21 heavy (non-hydrogen) atoms. The monoisotopic (exact) mass is 290 g/mol. The minimum atomic E-state index is -0.316. The summed E-state index contributed by atoms with van der Waals surface area (Å²) >= 11 is 0. The van der Waals surface area contributed by atoms with Crippen molar-refractivity contribution in [2.45, 2.75) is 19.1 Å². The molecule has 1 amide bonds. The first-order valence-electron chi connectivity index (χ1n) is 6.97. The summed E-state index contributed by atoms with van der Waals surface area (Å²) in [6.07, 6.45) is 3.21. The minimum Gasteiger partial charge on any atom is -0.467 e. The second-order valence-electron chi connectivity index (χ2n) is 4.93. The lowest BCUT2D eigenvalue weighted by atomic mass is 10.2. The maximum absolute atomic E-state index is 12.7. The Bertz CT molecular complexity index is 508. The van der Waals surface area contributed by atoms with Gasteiger partial charge in [0.1, 0.15) is 17.6 Å². The maximum Gasteiger partial charge on any atom is 0.242 e. The second-order valence-corrected chi connectivity index (χ2v) is 4.93. The molecule has 3 heterocycles. The average Bonchev–Trinajstić information content (AvgIpc) is 3.20. The lowest BCUT2D eigenvalue weighted by Crippen LogP contribution is -2.52. The molecule has 1 aliphatic heterocycles. The number of rotatable bonds is 5. The first kappa shape index (κ1) is 13.9. The number of nitrogens with one attached hydrogen (secondary N) is 1. The van der Waals surface area contributed by atoms with Gasteiger partial charge in [0.15, 0.2) is 0 Å². The van der Waals surface area contributed by atoms with Crippen LogP contribution in [0.2, 0.25) is 0 Å². The first-order chi connectivity index (χ1) is 10.3. The van der Waals surface area contributed by atoms with Crippen LogP contribution in [0.3, 0.4) is 0 Å². The van der Waals surface area contributed by atoms with Crippen LogP contribution in [0.5, 0.6) is 0 Å². The van der Waals surface area contributed by atoms with Crippen molar-refractivity contribution in [1.29, 1.82) is 0 Å². The lowest BCUT2D eigenvalue weighted by Gasteiger charge is -2.29. The molecular formula is C15H18N2O4. The first-order valence-corrected chi connectivity index (χ1v) is 6.97. The van der Waals surface area contributed by atoms with Gasteiger partial charge >= 0.3 is 0 Å². The Morgan fingerprint density at radius 1 is 1.19 bits per heavy atom. The number of ether oxygens (including phenoxy) is 1. The number of hydrogen-bond acceptors (Lipinski definition) is 5. The molecular weight excluding hydrogens is 272 g/mol. The van der Waals surface area contributed by atoms with Crippen molar-refractivity contribution in [3.8, 4) is 0 Å². The molecule has 0 saturated carbocycles. The molecule has 0 radical (unpaired) electrons. The van der Waals surface area contributed by atoms with Gasteiger partial charge in [0.25, 0.3) is 0 Å². The van der Waals surface area contributed by atoms with Crippen LogP contribution in [0.4, 0.5) is 0 Å². The fourth-order valence-electron chi connectivity index (χ4n) is 2.34. The molecule has 0 spiro atoms. The van der Waals surface area contributed by atoms with Crippen LogP contribution >= 0.6 is 0 Å². The maximum atomic E-state index is 12.7. The summed E-state index contributed by atoms with van der Waals surface area (Å²) < 4.78 is 16.1. The van der Waals surface area contributed by atoms with Gasteiger partial charge in [-0.2, -0.15) is 0 Å². The number of furan rings is 2. The summed E-state index contributed by atoms with van der Waals surface area (Å²) in [5, 5.41) is 3.18. The summed E-state index contributed by atoms with van der Waals surface area (Å²) in [6, 6.07) is 7.02. The van der Waals surface area contributed by atoms with Gasteiger partial charge in [0.05, 0.1) is 38.8 Å². The van der Waals surface area contributed by atoms with Crippen LogP contribution in [0.25, 0.3) is 0 Å². The second kappa shape index (κ2) is 6.60. The Kier molecular flexibility index (Phi) is 4.37. The smallest absolute Gasteiger partial charge is 0.242 e. The van der Waals surface area contributed by atoms with Gasteiger partial charge in [-0.25, -0.2) is 0 Å². The Hall–Kier alpha value is -2.05. The van der Waals surface area contributed by atoms with Crippen LogP contribution in [0.15, 0.2) is 45.6 Å². The van der Waals surface area contributed by atoms with Crippen molar-refractivity contribution in [3.05, 3.63) is 48.3 Å². The third-order valence-electron chi connectivity index (χ3n) is 3.39. The third kappa shape index (κ3) is 3.53. The Labute approximate surface area is 122 Å². The van der Waals surface area contributed by atoms with Crippen molar-refractivity contribution in [3.63, 3.8) is 0 Å². The third-order valence-corrected chi connectivity index (χ3v) is 3.39. The molecule has 1 atom stereocenters. The highest BCUT2D eigenvalue weighted by atomic mass is 16.5. The number of hydrogen-bond donors (Lipinski definition) is 1. The molecule has 2 aromatic rings. The van der Waals surface area contributed by atoms with E-state index in [2.05, 4.69) is 5.32 Å². The fourth-order valence-corrected chi connectivity index (χ4v) is 2.34. The van der Waals surface area contributed by atoms with Crippen molar-refractivity contribution >= 4 is 5.91 Å². The van der Waals surface area contributed by atoms with E-state index in [0.717, 1.165) is 11.5 Å². The summed E-state index contributed by atoms with van der Waals surface area (Å²) in [5.41, 5.74) is 0. The lowest BCUT2D eigenvalue weighted by molar-refractivity contribution is -0.138. The fraction of sp³-hybridized carbons (Fsp3) is 0.400. The van der Waals surface area contributed by atoms with Gasteiger partial charge < -0.3 is 23.8 Å². The minimum absolute atomic E-state index is 0.0116. The van der Waals surface area contributed by atoms with Gasteiger partial charge in [0, 0.05) is 6.54 Å². The van der Waals surface area contributed by atoms with E-state index in [9.17, 15) is 4.79 Å². The molecule has 2 aromatic heterocycles. The van der Waals surface area contributed by atoms with Gasteiger partial charge in [-0.1, -0.05) is 0 Å². The molecule has 0 aromatic carbocycles. The molecule has 1 aliphatic rings. The number of carbonyl (C=O) groups excluding carboxylic acids is 1. The highest BCUT2D eigenvalue weighted by Gasteiger charge is 2.27. The van der Waals surface area contributed by atoms with Gasteiger partial charge in [0.2, 0.25) is 5.91 Å². The van der Waals surface area contributed by atoms with E-state index >= 15 is 0 Å². The van der Waals surface area contributed by atoms with Gasteiger partial charge in [-0.3, -0.25) is 4.79 Å². The zero-order valence-corrected chi connectivity index (χ0v) is 11.7. The van der Waals surface area contributed by atoms with Crippen LogP contribution in [0, 0.1) is 0 Å². The van der Waals surface area contributed by atoms with Crippen molar-refractivity contribution in [2.75, 3.05) is 19.8 Å². The van der Waals surface area contributed by atoms with E-state index in [1.807, 2.05) is 24.3 Å². The van der Waals surface area contributed by atoms with E-state index in [0.29, 0.717) is 32.8 Å². The van der Waals surface area contributed by atoms with Crippen LogP contribution in [-0.2, 0) is 22.6 Å². The van der Waals surface area contributed by atoms with E-state index < -0.39 is 0 Å². The van der Waals surface area contributed by atoms with E-state index in [1.165, 1.54) is 0 Å². The predicted molar refractivity (Wildman–Crippen MR) is 74.3 cm³/mol. The molecule has 0 bridgehead atoms. The van der Waals surface area contributed by atoms with Gasteiger partial charge in [-0.05, 0) is 24.3 Å². The summed E-state index contributed by atoms with van der Waals surface area (Å²) in [7, 11) is 0. The molecule has 0 aliphatic carbocycles. The van der Waals surface area contributed by atoms with Crippen LogP contribution in [0.1, 0.15) is 11.5 Å². The molecule has 3 rings (SSSR count). The SMILES string of the molecule is O=C(C1COCCN1)N(Cc1ccco1)Cc1ccco1. The zero-order valence-electron chi connectivity index (χ0n) is 11.7. The average molecular weight is 290 g/mol. The Balaban J connectivity index is 1.72. The molecule has 112 valence electrons. The predicted octanol–water partition coefficient (Wildman–Crippen LogP) is 1.39. The number of amides is 1. The summed E-state index contributed by atoms with van der Waals surface area (Å²) in [5.74, 6) is 1.47. The largest absolute Gasteiger partial charge is 0.467 e. The van der Waals surface area contributed by atoms with Crippen molar-refractivity contribution in [2.24, 2.45) is 0 Å². The standard InChI is InChI=1S/C15H18N2O4/c18-15(14-11-19-8-5-16-14)17(9-12-3-1-6-20-12)10-13-4-2-7-21-13/h1-4,6-7,14,16H,5,8-11H2.